The van der Waals surface area contributed by atoms with Crippen LogP contribution in [0.15, 0.2) is 11.6 Å². The van der Waals surface area contributed by atoms with Crippen molar-refractivity contribution in [1.29, 1.82) is 0 Å². The molecule has 0 aliphatic heterocycles. The van der Waals surface area contributed by atoms with Gasteiger partial charge in [0, 0.05) is 6.08 Å². The summed E-state index contributed by atoms with van der Waals surface area (Å²) in [5.74, 6) is -0.421. The summed E-state index contributed by atoms with van der Waals surface area (Å²) in [7, 11) is 0. The van der Waals surface area contributed by atoms with Crippen molar-refractivity contribution in [3.8, 4) is 0 Å². The van der Waals surface area contributed by atoms with Gasteiger partial charge in [0.2, 0.25) is 0 Å². The van der Waals surface area contributed by atoms with E-state index in [0.29, 0.717) is 5.92 Å². The van der Waals surface area contributed by atoms with Crippen LogP contribution < -0.4 is 0 Å². The van der Waals surface area contributed by atoms with Crippen molar-refractivity contribution in [1.82, 2.24) is 0 Å². The number of rotatable bonds is 10. The maximum absolute atomic E-state index is 10.5. The molecule has 0 rings (SSSR count). The first-order chi connectivity index (χ1) is 8.07. The molecule has 2 nitrogen and oxygen atoms in total. The number of aliphatic carboxylic acids is 1. The third-order valence-electron chi connectivity index (χ3n) is 3.37. The first kappa shape index (κ1) is 16.2. The average Bonchev–Trinajstić information content (AvgIpc) is 2.26. The molecule has 100 valence electrons. The minimum absolute atomic E-state index is 0.404. The highest BCUT2D eigenvalue weighted by Gasteiger charge is 2.05. The standard InChI is InChI=1S/C15H28O2/c1-4-5-6-7-8-9-10-11-13(2)14(3)12-15(16)17/h12-13H,4-11H2,1-3H3,(H,16,17)/b14-12+. The Morgan fingerprint density at radius 1 is 1.12 bits per heavy atom. The van der Waals surface area contributed by atoms with Gasteiger partial charge in [-0.25, -0.2) is 4.79 Å². The van der Waals surface area contributed by atoms with Crippen molar-refractivity contribution in [3.63, 3.8) is 0 Å². The van der Waals surface area contributed by atoms with Crippen molar-refractivity contribution >= 4 is 5.97 Å². The Bertz CT molecular complexity index is 231. The van der Waals surface area contributed by atoms with Gasteiger partial charge in [-0.3, -0.25) is 0 Å². The van der Waals surface area contributed by atoms with Crippen LogP contribution in [0.5, 0.6) is 0 Å². The second-order valence-corrected chi connectivity index (χ2v) is 5.04. The summed E-state index contributed by atoms with van der Waals surface area (Å²) in [6.45, 7) is 6.27. The van der Waals surface area contributed by atoms with E-state index >= 15 is 0 Å². The molecule has 0 bridgehead atoms. The fourth-order valence-corrected chi connectivity index (χ4v) is 1.97. The summed E-state index contributed by atoms with van der Waals surface area (Å²) in [5, 5.41) is 8.65. The predicted molar refractivity (Wildman–Crippen MR) is 73.2 cm³/mol. The highest BCUT2D eigenvalue weighted by molar-refractivity contribution is 5.80. The molecule has 0 aromatic heterocycles. The van der Waals surface area contributed by atoms with Gasteiger partial charge in [0.05, 0.1) is 0 Å². The Morgan fingerprint density at radius 2 is 1.65 bits per heavy atom. The molecule has 0 fully saturated rings. The van der Waals surface area contributed by atoms with Gasteiger partial charge in [-0.05, 0) is 19.3 Å². The molecule has 17 heavy (non-hydrogen) atoms. The zero-order valence-electron chi connectivity index (χ0n) is 11.7. The van der Waals surface area contributed by atoms with E-state index in [-0.39, 0.29) is 0 Å². The van der Waals surface area contributed by atoms with Crippen LogP contribution in [0.25, 0.3) is 0 Å². The summed E-state index contributed by atoms with van der Waals surface area (Å²) < 4.78 is 0. The van der Waals surface area contributed by atoms with Gasteiger partial charge in [-0.2, -0.15) is 0 Å². The van der Waals surface area contributed by atoms with Crippen LogP contribution in [0.1, 0.15) is 72.1 Å². The monoisotopic (exact) mass is 240 g/mol. The van der Waals surface area contributed by atoms with E-state index < -0.39 is 5.97 Å². The van der Waals surface area contributed by atoms with Crippen LogP contribution in [-0.2, 0) is 4.79 Å². The molecule has 1 N–H and O–H groups in total. The molecule has 1 atom stereocenters. The minimum Gasteiger partial charge on any atom is -0.478 e. The zero-order chi connectivity index (χ0) is 13.1. The largest absolute Gasteiger partial charge is 0.478 e. The number of carboxylic acids is 1. The summed E-state index contributed by atoms with van der Waals surface area (Å²) in [5.41, 5.74) is 0.989. The molecular weight excluding hydrogens is 212 g/mol. The minimum atomic E-state index is -0.825. The van der Waals surface area contributed by atoms with E-state index in [0.717, 1.165) is 12.0 Å². The van der Waals surface area contributed by atoms with Gasteiger partial charge in [0.15, 0.2) is 0 Å². The lowest BCUT2D eigenvalue weighted by Crippen LogP contribution is -2.00. The van der Waals surface area contributed by atoms with Gasteiger partial charge < -0.3 is 5.11 Å². The first-order valence-corrected chi connectivity index (χ1v) is 6.99. The van der Waals surface area contributed by atoms with Crippen molar-refractivity contribution < 1.29 is 9.90 Å². The van der Waals surface area contributed by atoms with Crippen LogP contribution in [0.2, 0.25) is 0 Å². The lowest BCUT2D eigenvalue weighted by molar-refractivity contribution is -0.131. The van der Waals surface area contributed by atoms with E-state index in [9.17, 15) is 4.79 Å². The number of carbonyl (C=O) groups is 1. The maximum atomic E-state index is 10.5. The summed E-state index contributed by atoms with van der Waals surface area (Å²) in [6, 6.07) is 0. The molecular formula is C15H28O2. The van der Waals surface area contributed by atoms with Crippen molar-refractivity contribution in [2.75, 3.05) is 0 Å². The fraction of sp³-hybridized carbons (Fsp3) is 0.800. The van der Waals surface area contributed by atoms with Crippen molar-refractivity contribution in [2.24, 2.45) is 5.92 Å². The Kier molecular flexibility index (Phi) is 9.89. The Morgan fingerprint density at radius 3 is 2.18 bits per heavy atom. The average molecular weight is 240 g/mol. The molecule has 0 spiro atoms. The SMILES string of the molecule is CCCCCCCCCC(C)/C(C)=C/C(=O)O. The number of unbranched alkanes of at least 4 members (excludes halogenated alkanes) is 6. The summed E-state index contributed by atoms with van der Waals surface area (Å²) in [4.78, 5) is 10.5. The van der Waals surface area contributed by atoms with E-state index in [1.807, 2.05) is 6.92 Å². The second kappa shape index (κ2) is 10.4. The quantitative estimate of drug-likeness (QED) is 0.440. The van der Waals surface area contributed by atoms with Gasteiger partial charge in [-0.1, -0.05) is 64.4 Å². The summed E-state index contributed by atoms with van der Waals surface area (Å²) >= 11 is 0. The Labute approximate surface area is 106 Å². The van der Waals surface area contributed by atoms with Crippen LogP contribution in [0, 0.1) is 5.92 Å². The molecule has 0 aromatic carbocycles. The molecule has 0 radical (unpaired) electrons. The molecule has 0 saturated heterocycles. The fourth-order valence-electron chi connectivity index (χ4n) is 1.97. The van der Waals surface area contributed by atoms with Crippen molar-refractivity contribution in [2.45, 2.75) is 72.1 Å². The second-order valence-electron chi connectivity index (χ2n) is 5.04. The number of hydrogen-bond acceptors (Lipinski definition) is 1. The number of carboxylic acid groups (broad SMARTS) is 1. The van der Waals surface area contributed by atoms with Gasteiger partial charge in [-0.15, -0.1) is 0 Å². The number of hydrogen-bond donors (Lipinski definition) is 1. The molecule has 0 aliphatic rings. The molecule has 0 heterocycles. The van der Waals surface area contributed by atoms with Crippen LogP contribution >= 0.6 is 0 Å². The van der Waals surface area contributed by atoms with E-state index in [2.05, 4.69) is 13.8 Å². The number of allylic oxidation sites excluding steroid dienone is 1. The van der Waals surface area contributed by atoms with Gasteiger partial charge in [0.1, 0.15) is 0 Å². The maximum Gasteiger partial charge on any atom is 0.328 e. The highest BCUT2D eigenvalue weighted by atomic mass is 16.4. The van der Waals surface area contributed by atoms with Crippen LogP contribution in [-0.4, -0.2) is 11.1 Å². The lowest BCUT2D eigenvalue weighted by Gasteiger charge is -2.11. The normalized spacial score (nSPS) is 13.7. The lowest BCUT2D eigenvalue weighted by atomic mass is 9.95. The first-order valence-electron chi connectivity index (χ1n) is 6.99. The van der Waals surface area contributed by atoms with Gasteiger partial charge >= 0.3 is 5.97 Å². The van der Waals surface area contributed by atoms with E-state index in [1.54, 1.807) is 0 Å². The summed E-state index contributed by atoms with van der Waals surface area (Å²) in [6.07, 6.45) is 11.7. The molecule has 0 aromatic rings. The predicted octanol–water partition coefficient (Wildman–Crippen LogP) is 4.79. The van der Waals surface area contributed by atoms with Gasteiger partial charge in [0.25, 0.3) is 0 Å². The highest BCUT2D eigenvalue weighted by Crippen LogP contribution is 2.18. The van der Waals surface area contributed by atoms with Crippen LogP contribution in [0.3, 0.4) is 0 Å². The third-order valence-corrected chi connectivity index (χ3v) is 3.37. The molecule has 1 unspecified atom stereocenters. The van der Waals surface area contributed by atoms with E-state index in [1.165, 1.54) is 51.0 Å². The van der Waals surface area contributed by atoms with E-state index in [4.69, 9.17) is 5.11 Å². The molecule has 2 heteroatoms. The van der Waals surface area contributed by atoms with Crippen LogP contribution in [0.4, 0.5) is 0 Å². The smallest absolute Gasteiger partial charge is 0.328 e. The Hall–Kier alpha value is -0.790. The topological polar surface area (TPSA) is 37.3 Å². The Balaban J connectivity index is 3.51. The third kappa shape index (κ3) is 10.1. The zero-order valence-corrected chi connectivity index (χ0v) is 11.7. The van der Waals surface area contributed by atoms with Crippen molar-refractivity contribution in [3.05, 3.63) is 11.6 Å². The molecule has 0 amide bonds. The molecule has 0 saturated carbocycles. The molecule has 0 aliphatic carbocycles.